The first kappa shape index (κ1) is 37.6. The van der Waals surface area contributed by atoms with Crippen LogP contribution in [0.3, 0.4) is 0 Å². The largest absolute Gasteiger partial charge is 3.00 e. The van der Waals surface area contributed by atoms with Gasteiger partial charge in [0.1, 0.15) is 0 Å². The Kier molecular flexibility index (Phi) is 11.5. The van der Waals surface area contributed by atoms with E-state index in [-0.39, 0.29) is 61.8 Å². The van der Waals surface area contributed by atoms with Gasteiger partial charge in [0.15, 0.2) is 0 Å². The molecule has 0 spiro atoms. The molecule has 0 aliphatic heterocycles. The minimum absolute atomic E-state index is 0. The van der Waals surface area contributed by atoms with Crippen molar-refractivity contribution in [3.8, 4) is 0 Å². The average Bonchev–Trinajstić information content (AvgIpc) is 3.66. The molecule has 0 unspecified atom stereocenters. The van der Waals surface area contributed by atoms with Crippen molar-refractivity contribution in [1.29, 1.82) is 0 Å². The van der Waals surface area contributed by atoms with Crippen molar-refractivity contribution in [2.45, 2.75) is 58.8 Å². The summed E-state index contributed by atoms with van der Waals surface area (Å²) >= 11 is 0. The van der Waals surface area contributed by atoms with E-state index in [0.717, 1.165) is 6.42 Å². The van der Waals surface area contributed by atoms with E-state index in [9.17, 15) is 0 Å². The molecule has 0 bridgehead atoms. The van der Waals surface area contributed by atoms with Crippen LogP contribution >= 0.6 is 0 Å². The van der Waals surface area contributed by atoms with Gasteiger partial charge in [0.25, 0.3) is 0 Å². The summed E-state index contributed by atoms with van der Waals surface area (Å²) in [5.74, 6) is 0. The molecule has 1 radical (unpaired) electrons. The van der Waals surface area contributed by atoms with E-state index >= 15 is 0 Å². The third-order valence-electron chi connectivity index (χ3n) is 9.29. The van der Waals surface area contributed by atoms with E-state index in [2.05, 4.69) is 175 Å². The third-order valence-corrected chi connectivity index (χ3v) is 9.29. The molecule has 3 heteroatoms. The molecule has 5 aromatic rings. The van der Waals surface area contributed by atoms with Gasteiger partial charge in [-0.3, -0.25) is 0 Å². The molecule has 0 atom stereocenters. The van der Waals surface area contributed by atoms with E-state index in [1.165, 1.54) is 76.5 Å². The Balaban J connectivity index is 0.00000173. The summed E-state index contributed by atoms with van der Waals surface area (Å²) in [6, 6.07) is 42.4. The van der Waals surface area contributed by atoms with Crippen molar-refractivity contribution < 1.29 is 51.0 Å². The van der Waals surface area contributed by atoms with E-state index in [1.807, 2.05) is 0 Å². The van der Waals surface area contributed by atoms with Crippen LogP contribution in [0.5, 0.6) is 0 Å². The van der Waals surface area contributed by atoms with Crippen molar-refractivity contribution in [3.05, 3.63) is 187 Å². The number of rotatable bonds is 4. The predicted molar refractivity (Wildman–Crippen MR) is 191 cm³/mol. The van der Waals surface area contributed by atoms with Crippen molar-refractivity contribution in [1.82, 2.24) is 0 Å². The average molecular weight is 744 g/mol. The van der Waals surface area contributed by atoms with Crippen LogP contribution in [0.25, 0.3) is 22.8 Å². The first-order chi connectivity index (χ1) is 21.6. The molecule has 0 saturated carbocycles. The van der Waals surface area contributed by atoms with Crippen LogP contribution in [0.4, 0.5) is 0 Å². The van der Waals surface area contributed by atoms with Gasteiger partial charge in [0.2, 0.25) is 0 Å². The van der Waals surface area contributed by atoms with Crippen molar-refractivity contribution in [2.24, 2.45) is 0 Å². The summed E-state index contributed by atoms with van der Waals surface area (Å²) in [6.07, 6.45) is 9.49. The standard InChI is InChI=1S/C45H41.2ClH.Zr/c1-44(2,3)34-26-33(27-35(29-34)45(4,5)6)37-22-15-23-39(37)43-40(25-24-38-36-21-14-13-20-32(36)28-41(38)43)42(30-16-9-7-10-17-30)31-18-11-8-12-19-31;;;/h7-22,24-27,29H,23H2,1-6H3;2*1H;/q-1;;;+3/p-2. The van der Waals surface area contributed by atoms with E-state index in [1.54, 1.807) is 0 Å². The smallest absolute Gasteiger partial charge is 1.00 e. The van der Waals surface area contributed by atoms with Crippen LogP contribution < -0.4 is 35.3 Å². The molecule has 239 valence electrons. The molecule has 0 nitrogen and oxygen atoms in total. The van der Waals surface area contributed by atoms with Crippen LogP contribution in [0, 0.1) is 10.4 Å². The van der Waals surface area contributed by atoms with E-state index < -0.39 is 0 Å². The van der Waals surface area contributed by atoms with Gasteiger partial charge in [-0.15, -0.1) is 33.4 Å². The Hall–Kier alpha value is -3.22. The summed E-state index contributed by atoms with van der Waals surface area (Å²) < 4.78 is 0. The molecule has 2 aliphatic rings. The van der Waals surface area contributed by atoms with Crippen LogP contribution in [-0.2, 0) is 37.0 Å². The van der Waals surface area contributed by atoms with Crippen molar-refractivity contribution in [2.75, 3.05) is 0 Å². The minimum atomic E-state index is 0. The van der Waals surface area contributed by atoms with E-state index in [4.69, 9.17) is 0 Å². The van der Waals surface area contributed by atoms with Crippen LogP contribution in [0.1, 0.15) is 86.9 Å². The molecular formula is C45H41Cl2Zr. The molecule has 48 heavy (non-hydrogen) atoms. The maximum absolute atomic E-state index is 3.89. The Morgan fingerprint density at radius 2 is 1.15 bits per heavy atom. The zero-order valence-corrected chi connectivity index (χ0v) is 32.6. The van der Waals surface area contributed by atoms with Gasteiger partial charge >= 0.3 is 26.2 Å². The summed E-state index contributed by atoms with van der Waals surface area (Å²) in [6.45, 7) is 13.9. The molecule has 0 heterocycles. The quantitative estimate of drug-likeness (QED) is 0.242. The number of hydrogen-bond acceptors (Lipinski definition) is 0. The van der Waals surface area contributed by atoms with Gasteiger partial charge in [0, 0.05) is 0 Å². The van der Waals surface area contributed by atoms with Gasteiger partial charge in [-0.05, 0) is 61.4 Å². The SMILES string of the molecule is CC(C)(C)c1cc(C2=C(c3c4c(ccc3=C(c3ccccc3)c3ccccc3)=c3ccccc3=[C-]4)CC=C2)cc(C(C)(C)C)c1.[Cl-].[Cl-].[Zr+3]. The van der Waals surface area contributed by atoms with Gasteiger partial charge in [-0.1, -0.05) is 174 Å². The topological polar surface area (TPSA) is 0 Å². The fourth-order valence-electron chi connectivity index (χ4n) is 6.79. The molecule has 0 saturated heterocycles. The first-order valence-corrected chi connectivity index (χ1v) is 16.2. The first-order valence-electron chi connectivity index (χ1n) is 16.2. The maximum atomic E-state index is 3.89. The fourth-order valence-corrected chi connectivity index (χ4v) is 6.79. The Labute approximate surface area is 317 Å². The Bertz CT molecular complexity index is 2160. The molecule has 0 fully saturated rings. The molecular weight excluding hydrogens is 703 g/mol. The number of hydrogen-bond donors (Lipinski definition) is 0. The summed E-state index contributed by atoms with van der Waals surface area (Å²) in [7, 11) is 0. The van der Waals surface area contributed by atoms with Crippen LogP contribution in [-0.4, -0.2) is 0 Å². The van der Waals surface area contributed by atoms with Crippen LogP contribution in [0.2, 0.25) is 0 Å². The second-order valence-corrected chi connectivity index (χ2v) is 14.5. The molecule has 0 N–H and O–H groups in total. The summed E-state index contributed by atoms with van der Waals surface area (Å²) in [5, 5.41) is 4.96. The Morgan fingerprint density at radius 1 is 0.604 bits per heavy atom. The normalized spacial score (nSPS) is 13.0. The minimum Gasteiger partial charge on any atom is -1.00 e. The number of fused-ring (bicyclic) bond motifs is 2. The Morgan fingerprint density at radius 3 is 1.71 bits per heavy atom. The predicted octanol–water partition coefficient (Wildman–Crippen LogP) is 3.71. The summed E-state index contributed by atoms with van der Waals surface area (Å²) in [5.41, 5.74) is 13.0. The van der Waals surface area contributed by atoms with E-state index in [0.29, 0.717) is 0 Å². The fraction of sp³-hybridized carbons (Fsp3) is 0.200. The third kappa shape index (κ3) is 7.07. The molecule has 5 aromatic carbocycles. The maximum Gasteiger partial charge on any atom is 3.00 e. The second kappa shape index (κ2) is 14.7. The number of allylic oxidation sites excluding steroid dienone is 4. The van der Waals surface area contributed by atoms with Crippen LogP contribution in [0.15, 0.2) is 127 Å². The zero-order valence-electron chi connectivity index (χ0n) is 28.6. The second-order valence-electron chi connectivity index (χ2n) is 14.5. The monoisotopic (exact) mass is 741 g/mol. The zero-order chi connectivity index (χ0) is 31.3. The molecule has 0 aromatic heterocycles. The number of halogens is 2. The molecule has 0 amide bonds. The number of benzene rings is 5. The van der Waals surface area contributed by atoms with Gasteiger partial charge < -0.3 is 24.8 Å². The van der Waals surface area contributed by atoms with Gasteiger partial charge in [0.05, 0.1) is 0 Å². The molecule has 7 rings (SSSR count). The molecule has 2 aliphatic carbocycles. The summed E-state index contributed by atoms with van der Waals surface area (Å²) in [4.78, 5) is 0. The van der Waals surface area contributed by atoms with Crippen molar-refractivity contribution >= 4 is 22.8 Å². The van der Waals surface area contributed by atoms with Gasteiger partial charge in [-0.2, -0.15) is 0 Å². The van der Waals surface area contributed by atoms with Gasteiger partial charge in [-0.25, -0.2) is 0 Å². The van der Waals surface area contributed by atoms with Crippen molar-refractivity contribution in [3.63, 3.8) is 0 Å².